The van der Waals surface area contributed by atoms with E-state index in [-0.39, 0.29) is 10.6 Å². The number of aromatic nitrogens is 2. The Morgan fingerprint density at radius 3 is 2.63 bits per heavy atom. The minimum absolute atomic E-state index is 0.0310. The summed E-state index contributed by atoms with van der Waals surface area (Å²) in [5, 5.41) is 12.0. The third kappa shape index (κ3) is 4.39. The average Bonchev–Trinajstić information content (AvgIpc) is 3.11. The van der Waals surface area contributed by atoms with E-state index in [0.29, 0.717) is 11.3 Å². The first-order chi connectivity index (χ1) is 12.7. The molecule has 3 rings (SSSR count). The highest BCUT2D eigenvalue weighted by molar-refractivity contribution is 7.89. The molecule has 9 heteroatoms. The number of rotatable bonds is 5. The number of nitrogens with zero attached hydrogens (tertiary/aromatic N) is 2. The Hall–Kier alpha value is -3.04. The number of hydrogen-bond acceptors (Lipinski definition) is 4. The van der Waals surface area contributed by atoms with Crippen LogP contribution in [0.4, 0.5) is 4.39 Å². The lowest BCUT2D eigenvalue weighted by Crippen LogP contribution is -2.27. The molecule has 0 aliphatic rings. The zero-order chi connectivity index (χ0) is 19.6. The fraction of sp³-hybridized carbons (Fsp3) is 0.111. The lowest BCUT2D eigenvalue weighted by Gasteiger charge is -2.14. The second kappa shape index (κ2) is 7.29. The summed E-state index contributed by atoms with van der Waals surface area (Å²) in [6.07, 6.45) is 1.55. The smallest absolute Gasteiger partial charge is 0.272 e. The van der Waals surface area contributed by atoms with Gasteiger partial charge >= 0.3 is 0 Å². The number of nitrogens with two attached hydrogens (primary N) is 1. The van der Waals surface area contributed by atoms with Crippen LogP contribution in [0.3, 0.4) is 0 Å². The van der Waals surface area contributed by atoms with Gasteiger partial charge < -0.3 is 5.32 Å². The van der Waals surface area contributed by atoms with Gasteiger partial charge in [-0.3, -0.25) is 4.79 Å². The Bertz CT molecular complexity index is 1100. The normalized spacial score (nSPS) is 12.6. The van der Waals surface area contributed by atoms with E-state index in [4.69, 9.17) is 5.14 Å². The zero-order valence-corrected chi connectivity index (χ0v) is 15.2. The summed E-state index contributed by atoms with van der Waals surface area (Å²) >= 11 is 0. The minimum atomic E-state index is -3.83. The number of halogens is 1. The first-order valence-corrected chi connectivity index (χ1v) is 9.54. The van der Waals surface area contributed by atoms with E-state index in [1.807, 2.05) is 0 Å². The van der Waals surface area contributed by atoms with E-state index in [9.17, 15) is 17.6 Å². The van der Waals surface area contributed by atoms with Crippen molar-refractivity contribution in [1.29, 1.82) is 0 Å². The number of carbonyl (C=O) groups is 1. The summed E-state index contributed by atoms with van der Waals surface area (Å²) in [7, 11) is -3.83. The molecule has 1 amide bonds. The summed E-state index contributed by atoms with van der Waals surface area (Å²) < 4.78 is 37.6. The van der Waals surface area contributed by atoms with E-state index >= 15 is 0 Å². The summed E-state index contributed by atoms with van der Waals surface area (Å²) in [4.78, 5) is 12.4. The second-order valence-corrected chi connectivity index (χ2v) is 7.50. The highest BCUT2D eigenvalue weighted by atomic mass is 32.2. The van der Waals surface area contributed by atoms with E-state index in [1.54, 1.807) is 37.4 Å². The molecule has 0 radical (unpaired) electrons. The molecule has 1 heterocycles. The van der Waals surface area contributed by atoms with Crippen molar-refractivity contribution < 1.29 is 17.6 Å². The SMILES string of the molecule is CC(NC(=O)c1ccn(-c2cccc(F)c2)n1)c1cccc(S(N)(=O)=O)c1. The molecule has 1 unspecified atom stereocenters. The molecule has 0 saturated heterocycles. The molecule has 0 aliphatic carbocycles. The maximum Gasteiger partial charge on any atom is 0.272 e. The van der Waals surface area contributed by atoms with Crippen molar-refractivity contribution in [2.24, 2.45) is 5.14 Å². The molecular formula is C18H17FN4O3S. The zero-order valence-electron chi connectivity index (χ0n) is 14.3. The van der Waals surface area contributed by atoms with Crippen molar-refractivity contribution in [2.45, 2.75) is 17.9 Å². The Kier molecular flexibility index (Phi) is 5.06. The third-order valence-electron chi connectivity index (χ3n) is 3.93. The maximum atomic E-state index is 13.3. The van der Waals surface area contributed by atoms with Crippen LogP contribution < -0.4 is 10.5 Å². The van der Waals surface area contributed by atoms with Crippen LogP contribution in [0, 0.1) is 5.82 Å². The van der Waals surface area contributed by atoms with E-state index < -0.39 is 27.8 Å². The molecule has 0 saturated carbocycles. The topological polar surface area (TPSA) is 107 Å². The molecule has 0 aliphatic heterocycles. The van der Waals surface area contributed by atoms with Crippen molar-refractivity contribution in [2.75, 3.05) is 0 Å². The highest BCUT2D eigenvalue weighted by Gasteiger charge is 2.16. The van der Waals surface area contributed by atoms with Crippen LogP contribution in [-0.4, -0.2) is 24.1 Å². The molecule has 2 aromatic carbocycles. The third-order valence-corrected chi connectivity index (χ3v) is 4.84. The fourth-order valence-corrected chi connectivity index (χ4v) is 3.09. The summed E-state index contributed by atoms with van der Waals surface area (Å²) in [6.45, 7) is 1.71. The number of carbonyl (C=O) groups excluding carboxylic acids is 1. The summed E-state index contributed by atoms with van der Waals surface area (Å²) in [6, 6.07) is 12.9. The Morgan fingerprint density at radius 2 is 1.93 bits per heavy atom. The van der Waals surface area contributed by atoms with Gasteiger partial charge in [-0.2, -0.15) is 5.10 Å². The maximum absolute atomic E-state index is 13.3. The van der Waals surface area contributed by atoms with Crippen LogP contribution in [0.25, 0.3) is 5.69 Å². The molecule has 0 fully saturated rings. The minimum Gasteiger partial charge on any atom is -0.344 e. The summed E-state index contributed by atoms with van der Waals surface area (Å²) in [5.41, 5.74) is 1.22. The van der Waals surface area contributed by atoms with Crippen LogP contribution >= 0.6 is 0 Å². The summed E-state index contributed by atoms with van der Waals surface area (Å²) in [5.74, 6) is -0.851. The molecule has 3 aromatic rings. The Balaban J connectivity index is 1.76. The predicted octanol–water partition coefficient (Wildman–Crippen LogP) is 2.15. The molecule has 0 bridgehead atoms. The number of nitrogens with one attached hydrogen (secondary N) is 1. The molecule has 3 N–H and O–H groups in total. The first-order valence-electron chi connectivity index (χ1n) is 7.99. The average molecular weight is 388 g/mol. The van der Waals surface area contributed by atoms with Crippen LogP contribution in [0.1, 0.15) is 29.0 Å². The number of benzene rings is 2. The van der Waals surface area contributed by atoms with Crippen molar-refractivity contribution in [3.05, 3.63) is 77.9 Å². The van der Waals surface area contributed by atoms with Crippen molar-refractivity contribution >= 4 is 15.9 Å². The molecule has 7 nitrogen and oxygen atoms in total. The van der Waals surface area contributed by atoms with Crippen molar-refractivity contribution in [3.63, 3.8) is 0 Å². The molecule has 27 heavy (non-hydrogen) atoms. The molecule has 1 atom stereocenters. The second-order valence-electron chi connectivity index (χ2n) is 5.94. The van der Waals surface area contributed by atoms with Gasteiger partial charge in [-0.1, -0.05) is 18.2 Å². The van der Waals surface area contributed by atoms with Crippen molar-refractivity contribution in [1.82, 2.24) is 15.1 Å². The lowest BCUT2D eigenvalue weighted by atomic mass is 10.1. The highest BCUT2D eigenvalue weighted by Crippen LogP contribution is 2.17. The van der Waals surface area contributed by atoms with Crippen LogP contribution in [0.2, 0.25) is 0 Å². The Morgan fingerprint density at radius 1 is 1.19 bits per heavy atom. The largest absolute Gasteiger partial charge is 0.344 e. The monoisotopic (exact) mass is 388 g/mol. The van der Waals surface area contributed by atoms with Gasteiger partial charge in [-0.15, -0.1) is 0 Å². The van der Waals surface area contributed by atoms with Crippen LogP contribution in [0.5, 0.6) is 0 Å². The van der Waals surface area contributed by atoms with Gasteiger partial charge in [0.2, 0.25) is 10.0 Å². The van der Waals surface area contributed by atoms with Crippen LogP contribution in [0.15, 0.2) is 65.7 Å². The van der Waals surface area contributed by atoms with Crippen molar-refractivity contribution in [3.8, 4) is 5.69 Å². The van der Waals surface area contributed by atoms with Gasteiger partial charge in [-0.25, -0.2) is 22.6 Å². The molecule has 0 spiro atoms. The van der Waals surface area contributed by atoms with E-state index in [0.717, 1.165) is 0 Å². The number of primary sulfonamides is 1. The predicted molar refractivity (Wildman–Crippen MR) is 97.2 cm³/mol. The number of amides is 1. The molecular weight excluding hydrogens is 371 g/mol. The lowest BCUT2D eigenvalue weighted by molar-refractivity contribution is 0.0934. The van der Waals surface area contributed by atoms with Gasteiger partial charge in [0.05, 0.1) is 16.6 Å². The van der Waals surface area contributed by atoms with E-state index in [1.165, 1.54) is 35.0 Å². The molecule has 140 valence electrons. The number of hydrogen-bond donors (Lipinski definition) is 2. The van der Waals surface area contributed by atoms with Crippen LogP contribution in [-0.2, 0) is 10.0 Å². The van der Waals surface area contributed by atoms with Gasteiger partial charge in [0.25, 0.3) is 5.91 Å². The standard InChI is InChI=1S/C18H17FN4O3S/c1-12(13-4-2-7-16(10-13)27(20,25)26)21-18(24)17-8-9-23(22-17)15-6-3-5-14(19)11-15/h2-12H,1H3,(H,21,24)(H2,20,25,26). The Labute approximate surface area is 155 Å². The van der Waals surface area contributed by atoms with Gasteiger partial charge in [0, 0.05) is 6.20 Å². The number of sulfonamides is 1. The first kappa shape index (κ1) is 18.7. The van der Waals surface area contributed by atoms with Gasteiger partial charge in [0.1, 0.15) is 5.82 Å². The van der Waals surface area contributed by atoms with Gasteiger partial charge in [-0.05, 0) is 48.9 Å². The fourth-order valence-electron chi connectivity index (χ4n) is 2.52. The quantitative estimate of drug-likeness (QED) is 0.698. The van der Waals surface area contributed by atoms with Gasteiger partial charge in [0.15, 0.2) is 5.69 Å². The molecule has 1 aromatic heterocycles. The van der Waals surface area contributed by atoms with E-state index in [2.05, 4.69) is 10.4 Å².